The number of nitrogens with zero attached hydrogens (tertiary/aromatic N) is 3. The second-order valence-electron chi connectivity index (χ2n) is 6.07. The van der Waals surface area contributed by atoms with E-state index in [-0.39, 0.29) is 0 Å². The average molecular weight is 330 g/mol. The molecule has 21 heavy (non-hydrogen) atoms. The van der Waals surface area contributed by atoms with Gasteiger partial charge in [0, 0.05) is 19.8 Å². The van der Waals surface area contributed by atoms with Crippen molar-refractivity contribution in [3.63, 3.8) is 0 Å². The molecule has 0 saturated heterocycles. The summed E-state index contributed by atoms with van der Waals surface area (Å²) in [5.41, 5.74) is 2.73. The smallest absolute Gasteiger partial charge is 0.179 e. The zero-order valence-electron chi connectivity index (χ0n) is 13.1. The summed E-state index contributed by atoms with van der Waals surface area (Å²) in [6.07, 6.45) is 3.11. The molecule has 0 bridgehead atoms. The van der Waals surface area contributed by atoms with Crippen LogP contribution in [0.2, 0.25) is 0 Å². The zero-order valence-corrected chi connectivity index (χ0v) is 14.7. The number of sulfone groups is 1. The van der Waals surface area contributed by atoms with Gasteiger partial charge in [-0.2, -0.15) is 5.10 Å². The van der Waals surface area contributed by atoms with Gasteiger partial charge in [0.1, 0.15) is 5.52 Å². The molecular formula is C13H22N4O2S2. The van der Waals surface area contributed by atoms with Crippen LogP contribution in [0.5, 0.6) is 0 Å². The van der Waals surface area contributed by atoms with Gasteiger partial charge in [-0.05, 0) is 32.5 Å². The number of imidazole rings is 1. The molecule has 1 N–H and O–H groups in total. The lowest BCUT2D eigenvalue weighted by Gasteiger charge is -2.23. The molecule has 0 aliphatic rings. The first-order valence-electron chi connectivity index (χ1n) is 6.92. The number of H-pyrrole nitrogens is 1. The number of hydrogen-bond donors (Lipinski definition) is 1. The van der Waals surface area contributed by atoms with Gasteiger partial charge in [0.2, 0.25) is 0 Å². The van der Waals surface area contributed by atoms with E-state index in [2.05, 4.69) is 17.0 Å². The molecule has 0 aliphatic carbocycles. The first kappa shape index (κ1) is 16.2. The maximum absolute atomic E-state index is 11.9. The van der Waals surface area contributed by atoms with Gasteiger partial charge in [-0.25, -0.2) is 8.42 Å². The van der Waals surface area contributed by atoms with E-state index in [0.717, 1.165) is 29.7 Å². The van der Waals surface area contributed by atoms with Crippen molar-refractivity contribution in [2.75, 3.05) is 6.26 Å². The maximum Gasteiger partial charge on any atom is 0.179 e. The van der Waals surface area contributed by atoms with Gasteiger partial charge in [0.25, 0.3) is 0 Å². The number of aromatic amines is 1. The normalized spacial score (nSPS) is 13.2. The third kappa shape index (κ3) is 2.78. The Morgan fingerprint density at radius 3 is 2.52 bits per heavy atom. The molecular weight excluding hydrogens is 308 g/mol. The Bertz CT molecular complexity index is 824. The van der Waals surface area contributed by atoms with E-state index in [0.29, 0.717) is 11.3 Å². The third-order valence-electron chi connectivity index (χ3n) is 3.85. The molecule has 0 aliphatic heterocycles. The summed E-state index contributed by atoms with van der Waals surface area (Å²) >= 11 is 5.37. The van der Waals surface area contributed by atoms with E-state index >= 15 is 0 Å². The largest absolute Gasteiger partial charge is 0.328 e. The lowest BCUT2D eigenvalue weighted by molar-refractivity contribution is 0.501. The van der Waals surface area contributed by atoms with Crippen molar-refractivity contribution in [3.8, 4) is 0 Å². The summed E-state index contributed by atoms with van der Waals surface area (Å²) < 4.78 is 27.1. The van der Waals surface area contributed by atoms with Crippen molar-refractivity contribution in [1.82, 2.24) is 19.3 Å². The minimum absolute atomic E-state index is 0.301. The van der Waals surface area contributed by atoms with Crippen LogP contribution in [0.1, 0.15) is 32.9 Å². The molecule has 0 fully saturated rings. The first-order chi connectivity index (χ1) is 9.58. The summed E-state index contributed by atoms with van der Waals surface area (Å²) in [4.78, 5) is 3.17. The van der Waals surface area contributed by atoms with Crippen molar-refractivity contribution in [1.29, 1.82) is 0 Å². The molecule has 6 nitrogen and oxygen atoms in total. The summed E-state index contributed by atoms with van der Waals surface area (Å²) in [6, 6.07) is 0. The fourth-order valence-electron chi connectivity index (χ4n) is 2.33. The molecule has 2 heterocycles. The number of aromatic nitrogens is 4. The van der Waals surface area contributed by atoms with E-state index in [4.69, 9.17) is 12.2 Å². The predicted octanol–water partition coefficient (Wildman–Crippen LogP) is 2.21. The van der Waals surface area contributed by atoms with Crippen LogP contribution in [0, 0.1) is 4.77 Å². The first-order valence-corrected chi connectivity index (χ1v) is 9.22. The van der Waals surface area contributed by atoms with Crippen LogP contribution in [-0.4, -0.2) is 38.8 Å². The van der Waals surface area contributed by atoms with Gasteiger partial charge in [0.05, 0.1) is 10.4 Å². The number of rotatable bonds is 5. The van der Waals surface area contributed by atoms with Crippen LogP contribution < -0.4 is 0 Å². The fourth-order valence-corrected chi connectivity index (χ4v) is 2.95. The number of aryl methyl sites for hydroxylation is 2. The van der Waals surface area contributed by atoms with Crippen LogP contribution in [0.25, 0.3) is 11.2 Å². The highest BCUT2D eigenvalue weighted by atomic mass is 32.2. The van der Waals surface area contributed by atoms with Gasteiger partial charge in [-0.15, -0.1) is 0 Å². The van der Waals surface area contributed by atoms with Crippen molar-refractivity contribution >= 4 is 33.2 Å². The number of hydrogen-bond acceptors (Lipinski definition) is 4. The van der Waals surface area contributed by atoms with Gasteiger partial charge in [-0.3, -0.25) is 4.68 Å². The quantitative estimate of drug-likeness (QED) is 0.853. The molecule has 0 radical (unpaired) electrons. The molecule has 8 heteroatoms. The highest BCUT2D eigenvalue weighted by Crippen LogP contribution is 2.24. The van der Waals surface area contributed by atoms with E-state index in [9.17, 15) is 8.42 Å². The summed E-state index contributed by atoms with van der Waals surface area (Å²) in [7, 11) is -1.34. The molecule has 2 aromatic heterocycles. The van der Waals surface area contributed by atoms with Crippen LogP contribution in [-0.2, 0) is 29.9 Å². The highest BCUT2D eigenvalue weighted by Gasteiger charge is 2.32. The van der Waals surface area contributed by atoms with Gasteiger partial charge in [-0.1, -0.05) is 13.3 Å². The maximum atomic E-state index is 11.9. The Labute approximate surface area is 130 Å². The Balaban J connectivity index is 2.61. The molecule has 0 saturated carbocycles. The second-order valence-corrected chi connectivity index (χ2v) is 9.10. The minimum Gasteiger partial charge on any atom is -0.328 e. The summed E-state index contributed by atoms with van der Waals surface area (Å²) in [6.45, 7) is 5.83. The van der Waals surface area contributed by atoms with Crippen molar-refractivity contribution in [2.24, 2.45) is 7.05 Å². The Hall–Kier alpha value is -1.15. The lowest BCUT2D eigenvalue weighted by Crippen LogP contribution is -2.36. The lowest BCUT2D eigenvalue weighted by atomic mass is 10.2. The van der Waals surface area contributed by atoms with Crippen LogP contribution in [0.4, 0.5) is 0 Å². The van der Waals surface area contributed by atoms with E-state index in [1.165, 1.54) is 6.26 Å². The summed E-state index contributed by atoms with van der Waals surface area (Å²) in [5, 5.41) is 4.50. The van der Waals surface area contributed by atoms with E-state index < -0.39 is 14.6 Å². The Kier molecular flexibility index (Phi) is 4.05. The molecule has 0 amide bonds. The van der Waals surface area contributed by atoms with Crippen molar-refractivity contribution < 1.29 is 8.42 Å². The molecule has 118 valence electrons. The average Bonchev–Trinajstić information content (AvgIpc) is 2.78. The summed E-state index contributed by atoms with van der Waals surface area (Å²) in [5.74, 6) is 0. The monoisotopic (exact) mass is 330 g/mol. The van der Waals surface area contributed by atoms with Gasteiger partial charge < -0.3 is 9.55 Å². The topological polar surface area (TPSA) is 72.7 Å². The number of nitrogens with one attached hydrogen (secondary N) is 1. The molecule has 0 unspecified atom stereocenters. The van der Waals surface area contributed by atoms with Crippen molar-refractivity contribution in [3.05, 3.63) is 10.5 Å². The highest BCUT2D eigenvalue weighted by molar-refractivity contribution is 7.92. The molecule has 2 aromatic rings. The predicted molar refractivity (Wildman–Crippen MR) is 86.8 cm³/mol. The van der Waals surface area contributed by atoms with Gasteiger partial charge >= 0.3 is 0 Å². The van der Waals surface area contributed by atoms with Crippen LogP contribution in [0.15, 0.2) is 0 Å². The molecule has 0 spiro atoms. The standard InChI is InChI=1S/C13H22N4O2S2/c1-6-7-9-10-11(16(4)15-9)17(12(20)14-10)8-13(2,3)21(5,18)19/h6-8H2,1-5H3,(H,14,20). The zero-order chi connectivity index (χ0) is 16.0. The fraction of sp³-hybridized carbons (Fsp3) is 0.692. The van der Waals surface area contributed by atoms with E-state index in [1.54, 1.807) is 18.5 Å². The van der Waals surface area contributed by atoms with Crippen LogP contribution in [0.3, 0.4) is 0 Å². The Morgan fingerprint density at radius 1 is 1.38 bits per heavy atom. The van der Waals surface area contributed by atoms with Gasteiger partial charge in [0.15, 0.2) is 20.3 Å². The third-order valence-corrected chi connectivity index (χ3v) is 6.31. The minimum atomic E-state index is -3.19. The number of fused-ring (bicyclic) bond motifs is 1. The molecule has 2 rings (SSSR count). The van der Waals surface area contributed by atoms with E-state index in [1.807, 2.05) is 11.6 Å². The molecule has 0 aromatic carbocycles. The molecule has 0 atom stereocenters. The van der Waals surface area contributed by atoms with Crippen molar-refractivity contribution in [2.45, 2.75) is 44.9 Å². The van der Waals surface area contributed by atoms with Crippen LogP contribution >= 0.6 is 12.2 Å². The SMILES string of the molecule is CCCc1nn(C)c2c1[nH]c(=S)n2CC(C)(C)S(C)(=O)=O. The second kappa shape index (κ2) is 5.24. The Morgan fingerprint density at radius 2 is 2.00 bits per heavy atom.